The number of nitrogens with one attached hydrogen (secondary N) is 1. The molecule has 2 aromatic heterocycles. The molecule has 3 aromatic rings. The van der Waals surface area contributed by atoms with E-state index in [4.69, 9.17) is 4.74 Å². The van der Waals surface area contributed by atoms with Gasteiger partial charge in [-0.3, -0.25) is 4.68 Å². The third-order valence-electron chi connectivity index (χ3n) is 4.02. The first-order valence-corrected chi connectivity index (χ1v) is 8.45. The molecule has 0 radical (unpaired) electrons. The first-order chi connectivity index (χ1) is 12.6. The first-order valence-electron chi connectivity index (χ1n) is 8.45. The number of aryl methyl sites for hydroxylation is 1. The average Bonchev–Trinajstić information content (AvgIpc) is 3.21. The van der Waals surface area contributed by atoms with E-state index in [1.807, 2.05) is 24.3 Å². The van der Waals surface area contributed by atoms with Crippen LogP contribution in [-0.4, -0.2) is 37.5 Å². The molecule has 1 atom stereocenters. The van der Waals surface area contributed by atoms with Gasteiger partial charge < -0.3 is 14.6 Å². The largest absolute Gasteiger partial charge is 0.450 e. The van der Waals surface area contributed by atoms with Crippen molar-refractivity contribution in [2.45, 2.75) is 19.7 Å². The number of ether oxygens (including phenoxy) is 1. The third-order valence-corrected chi connectivity index (χ3v) is 4.02. The van der Waals surface area contributed by atoms with Crippen LogP contribution in [0.25, 0.3) is 17.6 Å². The molecule has 0 saturated carbocycles. The summed E-state index contributed by atoms with van der Waals surface area (Å²) in [6, 6.07) is 6.05. The SMILES string of the molecule is CCCN1C=c2[nH]c(-c3cnn(C)c3)nc2=NC1Oc1cccc(F)c1. The Kier molecular flexibility index (Phi) is 4.16. The maximum Gasteiger partial charge on any atom is 0.272 e. The summed E-state index contributed by atoms with van der Waals surface area (Å²) >= 11 is 0. The van der Waals surface area contributed by atoms with E-state index in [1.54, 1.807) is 23.0 Å². The Morgan fingerprint density at radius 2 is 2.23 bits per heavy atom. The van der Waals surface area contributed by atoms with Crippen molar-refractivity contribution in [2.24, 2.45) is 12.0 Å². The highest BCUT2D eigenvalue weighted by molar-refractivity contribution is 5.52. The van der Waals surface area contributed by atoms with Gasteiger partial charge in [-0.2, -0.15) is 5.10 Å². The predicted octanol–water partition coefficient (Wildman–Crippen LogP) is 1.40. The van der Waals surface area contributed by atoms with Gasteiger partial charge in [0.05, 0.1) is 11.8 Å². The summed E-state index contributed by atoms with van der Waals surface area (Å²) in [5.41, 5.74) is 1.45. The number of halogens is 1. The Morgan fingerprint density at radius 3 is 2.96 bits per heavy atom. The van der Waals surface area contributed by atoms with Crippen molar-refractivity contribution in [3.8, 4) is 17.1 Å². The van der Waals surface area contributed by atoms with Crippen molar-refractivity contribution in [2.75, 3.05) is 6.54 Å². The van der Waals surface area contributed by atoms with Gasteiger partial charge in [0.2, 0.25) is 0 Å². The minimum Gasteiger partial charge on any atom is -0.450 e. The second-order valence-electron chi connectivity index (χ2n) is 6.12. The molecule has 3 heterocycles. The summed E-state index contributed by atoms with van der Waals surface area (Å²) in [6.45, 7) is 2.83. The van der Waals surface area contributed by atoms with Crippen LogP contribution in [0.2, 0.25) is 0 Å². The molecule has 1 unspecified atom stereocenters. The Balaban J connectivity index is 1.70. The lowest BCUT2D eigenvalue weighted by Gasteiger charge is -2.28. The highest BCUT2D eigenvalue weighted by atomic mass is 19.1. The number of aromatic nitrogens is 4. The van der Waals surface area contributed by atoms with E-state index in [2.05, 4.69) is 27.0 Å². The lowest BCUT2D eigenvalue weighted by Crippen LogP contribution is -2.45. The molecule has 1 aliphatic heterocycles. The van der Waals surface area contributed by atoms with Gasteiger partial charge in [-0.1, -0.05) is 13.0 Å². The van der Waals surface area contributed by atoms with Crippen molar-refractivity contribution >= 4 is 6.20 Å². The smallest absolute Gasteiger partial charge is 0.272 e. The van der Waals surface area contributed by atoms with E-state index in [0.717, 1.165) is 23.9 Å². The van der Waals surface area contributed by atoms with Gasteiger partial charge in [0.1, 0.15) is 22.7 Å². The molecule has 4 rings (SSSR count). The summed E-state index contributed by atoms with van der Waals surface area (Å²) in [4.78, 5) is 14.4. The van der Waals surface area contributed by atoms with Crippen LogP contribution < -0.4 is 15.6 Å². The summed E-state index contributed by atoms with van der Waals surface area (Å²) in [6.07, 6.45) is 5.91. The van der Waals surface area contributed by atoms with Gasteiger partial charge in [-0.25, -0.2) is 14.4 Å². The Morgan fingerprint density at radius 1 is 1.35 bits per heavy atom. The highest BCUT2D eigenvalue weighted by Crippen LogP contribution is 2.17. The van der Waals surface area contributed by atoms with E-state index in [-0.39, 0.29) is 5.82 Å². The van der Waals surface area contributed by atoms with Crippen molar-refractivity contribution < 1.29 is 9.13 Å². The van der Waals surface area contributed by atoms with Gasteiger partial charge >= 0.3 is 0 Å². The standard InChI is InChI=1S/C18H19FN6O/c1-3-7-25-11-15-17(22-16(21-15)12-9-20-24(2)10-12)23-18(25)26-14-6-4-5-13(19)8-14/h4-6,8-11,18H,3,7H2,1-2H3,(H,21,22,23). The van der Waals surface area contributed by atoms with Gasteiger partial charge in [-0.05, 0) is 18.6 Å². The number of imidazole rings is 1. The number of fused-ring (bicyclic) bond motifs is 1. The number of benzene rings is 1. The number of H-pyrrole nitrogens is 1. The van der Waals surface area contributed by atoms with Crippen molar-refractivity contribution in [3.05, 3.63) is 53.3 Å². The Hall–Kier alpha value is -3.16. The summed E-state index contributed by atoms with van der Waals surface area (Å²) in [5.74, 6) is 0.786. The van der Waals surface area contributed by atoms with Gasteiger partial charge in [0.25, 0.3) is 6.35 Å². The molecular weight excluding hydrogens is 335 g/mol. The zero-order valence-electron chi connectivity index (χ0n) is 14.6. The number of nitrogens with zero attached hydrogens (tertiary/aromatic N) is 5. The monoisotopic (exact) mass is 354 g/mol. The predicted molar refractivity (Wildman–Crippen MR) is 93.8 cm³/mol. The zero-order chi connectivity index (χ0) is 18.1. The van der Waals surface area contributed by atoms with Gasteiger partial charge in [0.15, 0.2) is 5.49 Å². The fourth-order valence-corrected chi connectivity index (χ4v) is 2.84. The average molecular weight is 354 g/mol. The van der Waals surface area contributed by atoms with Crippen LogP contribution in [0.5, 0.6) is 5.75 Å². The van der Waals surface area contributed by atoms with Crippen molar-refractivity contribution in [1.29, 1.82) is 0 Å². The molecule has 0 spiro atoms. The number of hydrogen-bond acceptors (Lipinski definition) is 5. The molecule has 0 bridgehead atoms. The quantitative estimate of drug-likeness (QED) is 0.752. The van der Waals surface area contributed by atoms with Crippen molar-refractivity contribution in [1.82, 2.24) is 24.6 Å². The third kappa shape index (κ3) is 3.17. The number of rotatable bonds is 5. The van der Waals surface area contributed by atoms with E-state index in [0.29, 0.717) is 17.1 Å². The summed E-state index contributed by atoms with van der Waals surface area (Å²) in [5, 5.41) is 4.98. The van der Waals surface area contributed by atoms with E-state index in [9.17, 15) is 4.39 Å². The van der Waals surface area contributed by atoms with Crippen LogP contribution >= 0.6 is 0 Å². The molecule has 0 amide bonds. The molecular formula is C18H19FN6O. The molecule has 8 heteroatoms. The van der Waals surface area contributed by atoms with E-state index < -0.39 is 6.35 Å². The second kappa shape index (κ2) is 6.62. The van der Waals surface area contributed by atoms with Crippen LogP contribution in [0.4, 0.5) is 4.39 Å². The minimum atomic E-state index is -0.589. The van der Waals surface area contributed by atoms with Crippen LogP contribution in [0.1, 0.15) is 13.3 Å². The van der Waals surface area contributed by atoms with Crippen LogP contribution in [-0.2, 0) is 7.05 Å². The van der Waals surface area contributed by atoms with Crippen molar-refractivity contribution in [3.63, 3.8) is 0 Å². The van der Waals surface area contributed by atoms with Crippen LogP contribution in [0.3, 0.4) is 0 Å². The number of hydrogen-bond donors (Lipinski definition) is 1. The van der Waals surface area contributed by atoms with Crippen LogP contribution in [0, 0.1) is 5.82 Å². The molecule has 1 N–H and O–H groups in total. The van der Waals surface area contributed by atoms with E-state index >= 15 is 0 Å². The molecule has 0 saturated heterocycles. The molecule has 1 aliphatic rings. The lowest BCUT2D eigenvalue weighted by molar-refractivity contribution is 0.0745. The molecule has 7 nitrogen and oxygen atoms in total. The maximum absolute atomic E-state index is 13.4. The van der Waals surface area contributed by atoms with Gasteiger partial charge in [-0.15, -0.1) is 0 Å². The topological polar surface area (TPSA) is 71.3 Å². The normalized spacial score (nSPS) is 16.0. The minimum absolute atomic E-state index is 0.344. The Bertz CT molecular complexity index is 1040. The maximum atomic E-state index is 13.4. The second-order valence-corrected chi connectivity index (χ2v) is 6.12. The summed E-state index contributed by atoms with van der Waals surface area (Å²) in [7, 11) is 1.86. The molecule has 26 heavy (non-hydrogen) atoms. The molecule has 0 fully saturated rings. The molecule has 0 aliphatic carbocycles. The molecule has 134 valence electrons. The molecule has 1 aromatic carbocycles. The van der Waals surface area contributed by atoms with Crippen LogP contribution in [0.15, 0.2) is 41.7 Å². The Labute approximate surface area is 149 Å². The van der Waals surface area contributed by atoms with E-state index in [1.165, 1.54) is 12.1 Å². The fraction of sp³-hybridized carbons (Fsp3) is 0.278. The highest BCUT2D eigenvalue weighted by Gasteiger charge is 2.21. The summed E-state index contributed by atoms with van der Waals surface area (Å²) < 4.78 is 21.1. The first kappa shape index (κ1) is 16.3. The van der Waals surface area contributed by atoms with Gasteiger partial charge in [0, 0.05) is 32.1 Å². The zero-order valence-corrected chi connectivity index (χ0v) is 14.6. The number of aromatic amines is 1. The fourth-order valence-electron chi connectivity index (χ4n) is 2.84. The lowest BCUT2D eigenvalue weighted by atomic mass is 10.3.